The third-order valence-electron chi connectivity index (χ3n) is 2.70. The van der Waals surface area contributed by atoms with Crippen molar-refractivity contribution in [2.24, 2.45) is 0 Å². The summed E-state index contributed by atoms with van der Waals surface area (Å²) in [6.07, 6.45) is 1.25. The number of esters is 1. The van der Waals surface area contributed by atoms with Crippen LogP contribution in [0.4, 0.5) is 8.78 Å². The number of carbonyl (C=O) groups excluding carboxylic acids is 1. The van der Waals surface area contributed by atoms with Gasteiger partial charge in [0.1, 0.15) is 0 Å². The molecule has 0 saturated heterocycles. The van der Waals surface area contributed by atoms with Crippen LogP contribution in [-0.4, -0.2) is 17.8 Å². The Morgan fingerprint density at radius 3 is 2.17 bits per heavy atom. The molecule has 0 heterocycles. The molecule has 0 saturated carbocycles. The van der Waals surface area contributed by atoms with E-state index in [0.717, 1.165) is 11.1 Å². The second-order valence-corrected chi connectivity index (χ2v) is 6.13. The van der Waals surface area contributed by atoms with Crippen LogP contribution in [0, 0.1) is 0 Å². The number of hydrogen-bond acceptors (Lipinski definition) is 3. The van der Waals surface area contributed by atoms with Crippen LogP contribution >= 0.6 is 11.8 Å². The summed E-state index contributed by atoms with van der Waals surface area (Å²) in [5.41, 5.74) is 1.75. The van der Waals surface area contributed by atoms with E-state index >= 15 is 0 Å². The molecule has 0 spiro atoms. The standard InChI is InChI=1S/C16H14F2O2S.C3H8/c1-2-20-15(19)16(17,18)21-14-10-6-9-13(11-14)12-7-4-3-5-8-12;1-3-2/h3-11H,2H2,1H3;3H2,1-2H3. The van der Waals surface area contributed by atoms with Crippen molar-refractivity contribution in [2.75, 3.05) is 6.61 Å². The summed E-state index contributed by atoms with van der Waals surface area (Å²) in [4.78, 5) is 11.5. The lowest BCUT2D eigenvalue weighted by atomic mass is 10.1. The monoisotopic (exact) mass is 352 g/mol. The summed E-state index contributed by atoms with van der Waals surface area (Å²) >= 11 is 0.195. The first kappa shape index (κ1) is 20.2. The third-order valence-corrected chi connectivity index (χ3v) is 3.61. The fraction of sp³-hybridized carbons (Fsp3) is 0.316. The Bertz CT molecular complexity index is 630. The minimum absolute atomic E-state index is 0.0704. The summed E-state index contributed by atoms with van der Waals surface area (Å²) in [5.74, 6) is -1.51. The summed E-state index contributed by atoms with van der Waals surface area (Å²) in [6.45, 7) is 5.67. The predicted molar refractivity (Wildman–Crippen MR) is 95.3 cm³/mol. The first-order chi connectivity index (χ1) is 11.4. The van der Waals surface area contributed by atoms with Crippen molar-refractivity contribution in [1.82, 2.24) is 0 Å². The lowest BCUT2D eigenvalue weighted by Gasteiger charge is -2.14. The molecule has 2 rings (SSSR count). The fourth-order valence-electron chi connectivity index (χ4n) is 1.77. The van der Waals surface area contributed by atoms with Gasteiger partial charge in [0.2, 0.25) is 0 Å². The van der Waals surface area contributed by atoms with Gasteiger partial charge in [-0.1, -0.05) is 62.7 Å². The van der Waals surface area contributed by atoms with Crippen molar-refractivity contribution >= 4 is 17.7 Å². The van der Waals surface area contributed by atoms with Crippen molar-refractivity contribution in [3.05, 3.63) is 54.6 Å². The van der Waals surface area contributed by atoms with E-state index in [2.05, 4.69) is 18.6 Å². The van der Waals surface area contributed by atoms with E-state index in [-0.39, 0.29) is 18.4 Å². The number of rotatable bonds is 5. The maximum Gasteiger partial charge on any atom is 0.393 e. The zero-order valence-corrected chi connectivity index (χ0v) is 14.9. The number of hydrogen-bond donors (Lipinski definition) is 0. The van der Waals surface area contributed by atoms with Gasteiger partial charge < -0.3 is 4.74 Å². The van der Waals surface area contributed by atoms with Crippen LogP contribution in [0.25, 0.3) is 11.1 Å². The average Bonchev–Trinajstić information content (AvgIpc) is 2.56. The first-order valence-electron chi connectivity index (χ1n) is 7.84. The van der Waals surface area contributed by atoms with Crippen molar-refractivity contribution < 1.29 is 18.3 Å². The molecule has 0 amide bonds. The van der Waals surface area contributed by atoms with E-state index < -0.39 is 11.2 Å². The van der Waals surface area contributed by atoms with Gasteiger partial charge in [0.25, 0.3) is 0 Å². The van der Waals surface area contributed by atoms with E-state index in [1.54, 1.807) is 18.2 Å². The van der Waals surface area contributed by atoms with Gasteiger partial charge in [-0.15, -0.1) is 0 Å². The van der Waals surface area contributed by atoms with Gasteiger partial charge in [-0.3, -0.25) is 0 Å². The molecule has 0 N–H and O–H groups in total. The number of alkyl halides is 2. The highest BCUT2D eigenvalue weighted by Gasteiger charge is 2.41. The van der Waals surface area contributed by atoms with Gasteiger partial charge in [0, 0.05) is 4.90 Å². The van der Waals surface area contributed by atoms with Gasteiger partial charge in [0.15, 0.2) is 0 Å². The Balaban J connectivity index is 0.000000891. The maximum absolute atomic E-state index is 13.7. The minimum Gasteiger partial charge on any atom is -0.461 e. The minimum atomic E-state index is -3.59. The van der Waals surface area contributed by atoms with Crippen molar-refractivity contribution in [1.29, 1.82) is 0 Å². The summed E-state index contributed by atoms with van der Waals surface area (Å²) < 4.78 is 31.8. The molecule has 130 valence electrons. The lowest BCUT2D eigenvalue weighted by molar-refractivity contribution is -0.159. The van der Waals surface area contributed by atoms with Gasteiger partial charge in [-0.2, -0.15) is 8.78 Å². The highest BCUT2D eigenvalue weighted by Crippen LogP contribution is 2.38. The normalized spacial score (nSPS) is 10.5. The van der Waals surface area contributed by atoms with E-state index in [1.165, 1.54) is 13.3 Å². The van der Waals surface area contributed by atoms with Crippen molar-refractivity contribution in [3.63, 3.8) is 0 Å². The molecule has 0 unspecified atom stereocenters. The Hall–Kier alpha value is -1.88. The zero-order chi connectivity index (χ0) is 18.0. The Kier molecular flexibility index (Phi) is 8.47. The Morgan fingerprint density at radius 2 is 1.58 bits per heavy atom. The van der Waals surface area contributed by atoms with Crippen molar-refractivity contribution in [2.45, 2.75) is 37.3 Å². The molecule has 2 aromatic carbocycles. The molecule has 0 aliphatic carbocycles. The molecule has 5 heteroatoms. The molecule has 0 aromatic heterocycles. The van der Waals surface area contributed by atoms with Crippen LogP contribution < -0.4 is 0 Å². The van der Waals surface area contributed by atoms with Crippen LogP contribution in [0.1, 0.15) is 27.2 Å². The molecular weight excluding hydrogens is 330 g/mol. The molecule has 0 aliphatic heterocycles. The van der Waals surface area contributed by atoms with Crippen LogP contribution in [0.5, 0.6) is 0 Å². The summed E-state index contributed by atoms with van der Waals surface area (Å²) in [5, 5.41) is -3.59. The molecule has 0 atom stereocenters. The van der Waals surface area contributed by atoms with E-state index in [0.29, 0.717) is 4.90 Å². The average molecular weight is 352 g/mol. The highest BCUT2D eigenvalue weighted by molar-refractivity contribution is 8.01. The number of halogens is 2. The topological polar surface area (TPSA) is 26.3 Å². The van der Waals surface area contributed by atoms with Crippen molar-refractivity contribution in [3.8, 4) is 11.1 Å². The van der Waals surface area contributed by atoms with E-state index in [9.17, 15) is 13.6 Å². The second kappa shape index (κ2) is 10.1. The smallest absolute Gasteiger partial charge is 0.393 e. The number of benzene rings is 2. The molecular formula is C19H22F2O2S. The van der Waals surface area contributed by atoms with Gasteiger partial charge in [-0.25, -0.2) is 4.79 Å². The number of ether oxygens (including phenoxy) is 1. The predicted octanol–water partition coefficient (Wildman–Crippen LogP) is 6.02. The lowest BCUT2D eigenvalue weighted by Crippen LogP contribution is -2.26. The van der Waals surface area contributed by atoms with Crippen LogP contribution in [-0.2, 0) is 9.53 Å². The number of thioether (sulfide) groups is 1. The Labute approximate surface area is 146 Å². The van der Waals surface area contributed by atoms with Gasteiger partial charge in [-0.05, 0) is 41.9 Å². The Morgan fingerprint density at radius 1 is 1.00 bits per heavy atom. The van der Waals surface area contributed by atoms with E-state index in [1.807, 2.05) is 36.4 Å². The quantitative estimate of drug-likeness (QED) is 0.486. The van der Waals surface area contributed by atoms with Crippen LogP contribution in [0.3, 0.4) is 0 Å². The largest absolute Gasteiger partial charge is 0.461 e. The molecule has 0 radical (unpaired) electrons. The fourth-order valence-corrected chi connectivity index (χ4v) is 2.55. The zero-order valence-electron chi connectivity index (χ0n) is 14.1. The summed E-state index contributed by atoms with van der Waals surface area (Å²) in [7, 11) is 0. The molecule has 2 aromatic rings. The second-order valence-electron chi connectivity index (χ2n) is 4.94. The molecule has 0 bridgehead atoms. The summed E-state index contributed by atoms with van der Waals surface area (Å²) in [6, 6.07) is 16.1. The SMILES string of the molecule is CCC.CCOC(=O)C(F)(F)Sc1cccc(-c2ccccc2)c1. The molecule has 0 aliphatic rings. The molecule has 2 nitrogen and oxygen atoms in total. The number of carbonyl (C=O) groups is 1. The first-order valence-corrected chi connectivity index (χ1v) is 8.65. The highest BCUT2D eigenvalue weighted by atomic mass is 32.2. The maximum atomic E-state index is 13.7. The third kappa shape index (κ3) is 6.32. The molecule has 0 fully saturated rings. The van der Waals surface area contributed by atoms with Gasteiger partial charge in [0.05, 0.1) is 6.61 Å². The van der Waals surface area contributed by atoms with Crippen LogP contribution in [0.15, 0.2) is 59.5 Å². The van der Waals surface area contributed by atoms with Crippen LogP contribution in [0.2, 0.25) is 0 Å². The van der Waals surface area contributed by atoms with E-state index in [4.69, 9.17) is 0 Å². The molecule has 24 heavy (non-hydrogen) atoms. The van der Waals surface area contributed by atoms with Gasteiger partial charge >= 0.3 is 11.2 Å².